The predicted octanol–water partition coefficient (Wildman–Crippen LogP) is 11.1. The molecule has 0 amide bonds. The van der Waals surface area contributed by atoms with Gasteiger partial charge in [0.1, 0.15) is 11.2 Å². The number of hydrogen-bond donors (Lipinski definition) is 0. The fourth-order valence-corrected chi connectivity index (χ4v) is 6.39. The lowest BCUT2D eigenvalue weighted by molar-refractivity contribution is 0.668. The molecule has 0 saturated heterocycles. The van der Waals surface area contributed by atoms with Crippen LogP contribution in [0.1, 0.15) is 23.1 Å². The lowest BCUT2D eigenvalue weighted by Gasteiger charge is -2.26. The molecule has 2 nitrogen and oxygen atoms in total. The molecule has 1 aliphatic carbocycles. The zero-order chi connectivity index (χ0) is 27.9. The molecule has 6 aromatic carbocycles. The van der Waals surface area contributed by atoms with E-state index in [1.807, 2.05) is 6.07 Å². The Balaban J connectivity index is 1.17. The second-order valence-corrected chi connectivity index (χ2v) is 10.9. The van der Waals surface area contributed by atoms with E-state index in [2.05, 4.69) is 151 Å². The summed E-state index contributed by atoms with van der Waals surface area (Å²) in [4.78, 5) is 2.32. The van der Waals surface area contributed by atoms with Crippen LogP contribution in [0.2, 0.25) is 0 Å². The van der Waals surface area contributed by atoms with Gasteiger partial charge in [-0.1, -0.05) is 103 Å². The zero-order valence-electron chi connectivity index (χ0n) is 23.2. The maximum atomic E-state index is 6.19. The van der Waals surface area contributed by atoms with Crippen molar-refractivity contribution in [3.63, 3.8) is 0 Å². The minimum absolute atomic E-state index is 0.958. The van der Waals surface area contributed by atoms with E-state index in [0.29, 0.717) is 0 Å². The van der Waals surface area contributed by atoms with Crippen molar-refractivity contribution in [1.82, 2.24) is 0 Å². The molecule has 0 N–H and O–H groups in total. The third-order valence-electron chi connectivity index (χ3n) is 8.37. The summed E-state index contributed by atoms with van der Waals surface area (Å²) in [5.74, 6) is 0. The molecule has 0 bridgehead atoms. The second-order valence-electron chi connectivity index (χ2n) is 10.9. The van der Waals surface area contributed by atoms with Gasteiger partial charge in [-0.25, -0.2) is 0 Å². The van der Waals surface area contributed by atoms with E-state index in [0.717, 1.165) is 41.1 Å². The Morgan fingerprint density at radius 2 is 1.07 bits per heavy atom. The second kappa shape index (κ2) is 10.2. The third kappa shape index (κ3) is 4.20. The summed E-state index contributed by atoms with van der Waals surface area (Å²) in [6.07, 6.45) is 4.44. The van der Waals surface area contributed by atoms with E-state index in [-0.39, 0.29) is 0 Å². The van der Waals surface area contributed by atoms with Crippen LogP contribution < -0.4 is 4.90 Å². The molecule has 2 heteroatoms. The van der Waals surface area contributed by atoms with Crippen molar-refractivity contribution in [2.45, 2.75) is 12.8 Å². The van der Waals surface area contributed by atoms with Crippen LogP contribution >= 0.6 is 0 Å². The Morgan fingerprint density at radius 1 is 0.476 bits per heavy atom. The molecule has 1 aromatic heterocycles. The largest absolute Gasteiger partial charge is 0.456 e. The first-order chi connectivity index (χ1) is 20.8. The maximum Gasteiger partial charge on any atom is 0.135 e. The van der Waals surface area contributed by atoms with E-state index < -0.39 is 0 Å². The van der Waals surface area contributed by atoms with Crippen molar-refractivity contribution in [3.05, 3.63) is 168 Å². The minimum atomic E-state index is 0.958. The lowest BCUT2D eigenvalue weighted by Crippen LogP contribution is -2.10. The first kappa shape index (κ1) is 24.5. The number of nitrogens with zero attached hydrogens (tertiary/aromatic N) is 1. The number of furan rings is 1. The molecule has 7 aromatic rings. The summed E-state index contributed by atoms with van der Waals surface area (Å²) < 4.78 is 6.19. The molecular weight excluding hydrogens is 510 g/mol. The van der Waals surface area contributed by atoms with Crippen LogP contribution in [0.3, 0.4) is 0 Å². The molecule has 0 radical (unpaired) electrons. The number of fused-ring (bicyclic) bond motifs is 5. The average molecular weight is 540 g/mol. The fraction of sp³-hybridized carbons (Fsp3) is 0.0500. The fourth-order valence-electron chi connectivity index (χ4n) is 6.39. The molecule has 0 fully saturated rings. The highest BCUT2D eigenvalue weighted by Gasteiger charge is 2.21. The van der Waals surface area contributed by atoms with Gasteiger partial charge in [-0.3, -0.25) is 0 Å². The molecule has 0 saturated carbocycles. The van der Waals surface area contributed by atoms with Gasteiger partial charge in [0.15, 0.2) is 0 Å². The van der Waals surface area contributed by atoms with Gasteiger partial charge >= 0.3 is 0 Å². The third-order valence-corrected chi connectivity index (χ3v) is 8.37. The molecule has 1 aliphatic rings. The lowest BCUT2D eigenvalue weighted by atomic mass is 9.84. The Morgan fingerprint density at radius 3 is 1.81 bits per heavy atom. The summed E-state index contributed by atoms with van der Waals surface area (Å²) in [6, 6.07) is 51.7. The molecule has 200 valence electrons. The molecule has 0 spiro atoms. The van der Waals surface area contributed by atoms with E-state index in [1.54, 1.807) is 0 Å². The summed E-state index contributed by atoms with van der Waals surface area (Å²) in [5, 5.41) is 2.47. The number of rotatable bonds is 5. The van der Waals surface area contributed by atoms with Gasteiger partial charge in [0, 0.05) is 27.8 Å². The number of para-hydroxylation sites is 2. The van der Waals surface area contributed by atoms with E-state index in [4.69, 9.17) is 4.42 Å². The van der Waals surface area contributed by atoms with Gasteiger partial charge in [0.05, 0.1) is 0 Å². The maximum absolute atomic E-state index is 6.19. The average Bonchev–Trinajstić information content (AvgIpc) is 3.46. The number of aryl methyl sites for hydroxylation is 1. The number of anilines is 3. The van der Waals surface area contributed by atoms with Crippen molar-refractivity contribution < 1.29 is 4.42 Å². The normalized spacial score (nSPS) is 12.7. The smallest absolute Gasteiger partial charge is 0.135 e. The first-order valence-corrected chi connectivity index (χ1v) is 14.6. The zero-order valence-corrected chi connectivity index (χ0v) is 23.2. The van der Waals surface area contributed by atoms with Crippen molar-refractivity contribution in [3.8, 4) is 11.1 Å². The molecule has 8 rings (SSSR count). The van der Waals surface area contributed by atoms with Gasteiger partial charge in [-0.15, -0.1) is 0 Å². The van der Waals surface area contributed by atoms with Crippen LogP contribution in [-0.2, 0) is 6.42 Å². The Kier molecular flexibility index (Phi) is 5.97. The summed E-state index contributed by atoms with van der Waals surface area (Å²) in [6.45, 7) is 0. The number of hydrogen-bond acceptors (Lipinski definition) is 2. The topological polar surface area (TPSA) is 16.4 Å². The van der Waals surface area contributed by atoms with Gasteiger partial charge in [-0.2, -0.15) is 0 Å². The van der Waals surface area contributed by atoms with Crippen LogP contribution in [0.4, 0.5) is 17.1 Å². The van der Waals surface area contributed by atoms with Crippen molar-refractivity contribution >= 4 is 44.6 Å². The standard InChI is InChI=1S/C40H29NO/c1-3-10-28(11-4-1)29-18-22-32(23-19-29)41(31-12-5-2-6-13-31)33-24-20-30(21-25-33)34-15-9-16-36-35(34)26-27-39-40(36)37-14-7-8-17-38(37)42-39/h1-8,10-15,17-27H,9,16H2. The Bertz CT molecular complexity index is 2050. The van der Waals surface area contributed by atoms with Crippen molar-refractivity contribution in [2.24, 2.45) is 0 Å². The van der Waals surface area contributed by atoms with E-state index in [1.165, 1.54) is 44.2 Å². The molecular formula is C40H29NO. The summed E-state index contributed by atoms with van der Waals surface area (Å²) in [7, 11) is 0. The monoisotopic (exact) mass is 539 g/mol. The van der Waals surface area contributed by atoms with Gasteiger partial charge in [0.2, 0.25) is 0 Å². The minimum Gasteiger partial charge on any atom is -0.456 e. The van der Waals surface area contributed by atoms with Crippen LogP contribution in [0.5, 0.6) is 0 Å². The molecule has 1 heterocycles. The highest BCUT2D eigenvalue weighted by atomic mass is 16.3. The van der Waals surface area contributed by atoms with Crippen LogP contribution in [0, 0.1) is 0 Å². The van der Waals surface area contributed by atoms with Crippen LogP contribution in [-0.4, -0.2) is 0 Å². The highest BCUT2D eigenvalue weighted by Crippen LogP contribution is 2.41. The molecule has 0 aliphatic heterocycles. The van der Waals surface area contributed by atoms with Gasteiger partial charge in [-0.05, 0) is 94.8 Å². The Labute approximate surface area is 245 Å². The Hall–Kier alpha value is -5.34. The van der Waals surface area contributed by atoms with Gasteiger partial charge < -0.3 is 9.32 Å². The number of benzene rings is 6. The quantitative estimate of drug-likeness (QED) is 0.216. The van der Waals surface area contributed by atoms with Crippen molar-refractivity contribution in [1.29, 1.82) is 0 Å². The SMILES string of the molecule is C1=C(c2ccc(N(c3ccccc3)c3ccc(-c4ccccc4)cc3)cc2)c2ccc3oc4ccccc4c3c2CC1. The predicted molar refractivity (Wildman–Crippen MR) is 176 cm³/mol. The van der Waals surface area contributed by atoms with Crippen molar-refractivity contribution in [2.75, 3.05) is 4.90 Å². The number of allylic oxidation sites excluding steroid dienone is 1. The summed E-state index contributed by atoms with van der Waals surface area (Å²) in [5.41, 5.74) is 13.0. The van der Waals surface area contributed by atoms with Gasteiger partial charge in [0.25, 0.3) is 0 Å². The van der Waals surface area contributed by atoms with Crippen LogP contribution in [0.25, 0.3) is 38.6 Å². The molecule has 0 atom stereocenters. The van der Waals surface area contributed by atoms with Crippen LogP contribution in [0.15, 0.2) is 156 Å². The van der Waals surface area contributed by atoms with E-state index >= 15 is 0 Å². The summed E-state index contributed by atoms with van der Waals surface area (Å²) >= 11 is 0. The van der Waals surface area contributed by atoms with E-state index in [9.17, 15) is 0 Å². The first-order valence-electron chi connectivity index (χ1n) is 14.6. The molecule has 0 unspecified atom stereocenters. The molecule has 42 heavy (non-hydrogen) atoms. The highest BCUT2D eigenvalue weighted by molar-refractivity contribution is 6.09.